The minimum absolute atomic E-state index is 0.0333. The fourth-order valence-electron chi connectivity index (χ4n) is 1.98. The molecule has 1 aliphatic carbocycles. The summed E-state index contributed by atoms with van der Waals surface area (Å²) in [5.41, 5.74) is -0.166. The predicted molar refractivity (Wildman–Crippen MR) is 64.5 cm³/mol. The molecule has 0 bridgehead atoms. The van der Waals surface area contributed by atoms with Gasteiger partial charge in [0.25, 0.3) is 0 Å². The highest BCUT2D eigenvalue weighted by Gasteiger charge is 2.39. The summed E-state index contributed by atoms with van der Waals surface area (Å²) in [6, 6.07) is 0. The van der Waals surface area contributed by atoms with Crippen molar-refractivity contribution in [3.63, 3.8) is 0 Å². The van der Waals surface area contributed by atoms with Crippen molar-refractivity contribution in [1.29, 1.82) is 0 Å². The molecule has 1 rings (SSSR count). The van der Waals surface area contributed by atoms with E-state index in [1.807, 2.05) is 6.26 Å². The highest BCUT2D eigenvalue weighted by atomic mass is 32.2. The maximum Gasteiger partial charge on any atom is 0.303 e. The molecule has 0 radical (unpaired) electrons. The number of carboxylic acids is 1. The van der Waals surface area contributed by atoms with Gasteiger partial charge >= 0.3 is 5.97 Å². The van der Waals surface area contributed by atoms with Gasteiger partial charge in [-0.05, 0) is 24.5 Å². The van der Waals surface area contributed by atoms with Gasteiger partial charge in [-0.2, -0.15) is 11.8 Å². The third kappa shape index (κ3) is 4.04. The maximum atomic E-state index is 11.4. The number of carbonyl (C=O) groups excluding carboxylic acids is 1. The van der Waals surface area contributed by atoms with Gasteiger partial charge in [-0.15, -0.1) is 0 Å². The summed E-state index contributed by atoms with van der Waals surface area (Å²) in [7, 11) is 0. The Morgan fingerprint density at radius 2 is 2.12 bits per heavy atom. The summed E-state index contributed by atoms with van der Waals surface area (Å²) in [4.78, 5) is 22.1. The third-order valence-electron chi connectivity index (χ3n) is 3.13. The number of amides is 1. The molecule has 0 aromatic rings. The maximum absolute atomic E-state index is 11.4. The van der Waals surface area contributed by atoms with Crippen molar-refractivity contribution < 1.29 is 14.7 Å². The molecule has 0 unspecified atom stereocenters. The fourth-order valence-corrected chi connectivity index (χ4v) is 2.37. The number of nitrogens with one attached hydrogen (secondary N) is 1. The lowest BCUT2D eigenvalue weighted by Crippen LogP contribution is -2.43. The summed E-state index contributed by atoms with van der Waals surface area (Å²) < 4.78 is 0. The van der Waals surface area contributed by atoms with Gasteiger partial charge in [0.05, 0.1) is 6.42 Å². The van der Waals surface area contributed by atoms with Crippen LogP contribution in [0.15, 0.2) is 0 Å². The molecule has 2 N–H and O–H groups in total. The lowest BCUT2D eigenvalue weighted by atomic mass is 9.66. The van der Waals surface area contributed by atoms with Gasteiger partial charge < -0.3 is 10.4 Å². The minimum atomic E-state index is -0.766. The quantitative estimate of drug-likeness (QED) is 0.713. The SMILES string of the molecule is CSCCC(=O)NCC1(CC(=O)O)CCC1. The number of aliphatic carboxylic acids is 1. The second-order valence-corrected chi connectivity index (χ2v) is 5.43. The zero-order valence-electron chi connectivity index (χ0n) is 9.62. The van der Waals surface area contributed by atoms with Crippen molar-refractivity contribution in [3.8, 4) is 0 Å². The Labute approximate surface area is 100 Å². The van der Waals surface area contributed by atoms with Gasteiger partial charge in [0, 0.05) is 18.7 Å². The van der Waals surface area contributed by atoms with E-state index in [1.165, 1.54) is 0 Å². The molecule has 1 aliphatic rings. The van der Waals surface area contributed by atoms with E-state index in [-0.39, 0.29) is 17.7 Å². The van der Waals surface area contributed by atoms with Crippen LogP contribution in [-0.2, 0) is 9.59 Å². The summed E-state index contributed by atoms with van der Waals surface area (Å²) in [6.45, 7) is 0.520. The topological polar surface area (TPSA) is 66.4 Å². The van der Waals surface area contributed by atoms with E-state index in [4.69, 9.17) is 5.11 Å². The molecule has 0 saturated heterocycles. The number of hydrogen-bond donors (Lipinski definition) is 2. The summed E-state index contributed by atoms with van der Waals surface area (Å²) in [6.07, 6.45) is 5.57. The van der Waals surface area contributed by atoms with Crippen molar-refractivity contribution in [2.45, 2.75) is 32.1 Å². The standard InChI is InChI=1S/C11H19NO3S/c1-16-6-3-9(13)12-8-11(4-2-5-11)7-10(14)15/h2-8H2,1H3,(H,12,13)(H,14,15). The van der Waals surface area contributed by atoms with Gasteiger partial charge in [0.15, 0.2) is 0 Å². The largest absolute Gasteiger partial charge is 0.481 e. The second-order valence-electron chi connectivity index (χ2n) is 4.44. The van der Waals surface area contributed by atoms with Crippen LogP contribution in [0, 0.1) is 5.41 Å². The minimum Gasteiger partial charge on any atom is -0.481 e. The van der Waals surface area contributed by atoms with Gasteiger partial charge in [-0.25, -0.2) is 0 Å². The Kier molecular flexibility index (Phi) is 5.12. The first-order valence-electron chi connectivity index (χ1n) is 5.55. The van der Waals surface area contributed by atoms with Crippen LogP contribution in [0.4, 0.5) is 0 Å². The Bertz CT molecular complexity index is 264. The van der Waals surface area contributed by atoms with E-state index in [2.05, 4.69) is 5.32 Å². The van der Waals surface area contributed by atoms with Crippen LogP contribution in [0.25, 0.3) is 0 Å². The van der Waals surface area contributed by atoms with Crippen LogP contribution in [-0.4, -0.2) is 35.5 Å². The molecular weight excluding hydrogens is 226 g/mol. The van der Waals surface area contributed by atoms with E-state index in [0.717, 1.165) is 25.0 Å². The average Bonchev–Trinajstić information content (AvgIpc) is 2.18. The van der Waals surface area contributed by atoms with Crippen LogP contribution >= 0.6 is 11.8 Å². The van der Waals surface area contributed by atoms with Crippen molar-refractivity contribution in [2.24, 2.45) is 5.41 Å². The second kappa shape index (κ2) is 6.13. The van der Waals surface area contributed by atoms with Crippen LogP contribution in [0.2, 0.25) is 0 Å². The number of thioether (sulfide) groups is 1. The third-order valence-corrected chi connectivity index (χ3v) is 3.75. The average molecular weight is 245 g/mol. The van der Waals surface area contributed by atoms with Crippen molar-refractivity contribution in [3.05, 3.63) is 0 Å². The molecule has 1 saturated carbocycles. The molecule has 0 spiro atoms. The first kappa shape index (κ1) is 13.4. The molecule has 0 aliphatic heterocycles. The molecule has 0 atom stereocenters. The molecule has 92 valence electrons. The molecule has 0 aromatic carbocycles. The van der Waals surface area contributed by atoms with Gasteiger partial charge in [0.2, 0.25) is 5.91 Å². The lowest BCUT2D eigenvalue weighted by Gasteiger charge is -2.40. The van der Waals surface area contributed by atoms with Crippen LogP contribution < -0.4 is 5.32 Å². The van der Waals surface area contributed by atoms with E-state index in [0.29, 0.717) is 13.0 Å². The van der Waals surface area contributed by atoms with Crippen LogP contribution in [0.3, 0.4) is 0 Å². The van der Waals surface area contributed by atoms with E-state index in [1.54, 1.807) is 11.8 Å². The number of carbonyl (C=O) groups is 2. The number of carboxylic acid groups (broad SMARTS) is 1. The molecule has 16 heavy (non-hydrogen) atoms. The fraction of sp³-hybridized carbons (Fsp3) is 0.818. The molecular formula is C11H19NO3S. The van der Waals surface area contributed by atoms with Crippen molar-refractivity contribution >= 4 is 23.6 Å². The summed E-state index contributed by atoms with van der Waals surface area (Å²) in [5, 5.41) is 11.7. The molecule has 1 fully saturated rings. The van der Waals surface area contributed by atoms with Gasteiger partial charge in [-0.3, -0.25) is 9.59 Å². The Balaban J connectivity index is 2.28. The predicted octanol–water partition coefficient (Wildman–Crippen LogP) is 1.50. The highest BCUT2D eigenvalue weighted by molar-refractivity contribution is 7.98. The van der Waals surface area contributed by atoms with Gasteiger partial charge in [0.1, 0.15) is 0 Å². The van der Waals surface area contributed by atoms with E-state index >= 15 is 0 Å². The smallest absolute Gasteiger partial charge is 0.303 e. The van der Waals surface area contributed by atoms with Crippen LogP contribution in [0.5, 0.6) is 0 Å². The Morgan fingerprint density at radius 1 is 1.44 bits per heavy atom. The first-order chi connectivity index (χ1) is 7.58. The highest BCUT2D eigenvalue weighted by Crippen LogP contribution is 2.43. The summed E-state index contributed by atoms with van der Waals surface area (Å²) >= 11 is 1.64. The lowest BCUT2D eigenvalue weighted by molar-refractivity contribution is -0.141. The van der Waals surface area contributed by atoms with E-state index < -0.39 is 5.97 Å². The normalized spacial score (nSPS) is 17.6. The molecule has 1 amide bonds. The molecule has 4 nitrogen and oxygen atoms in total. The monoisotopic (exact) mass is 245 g/mol. The number of hydrogen-bond acceptors (Lipinski definition) is 3. The van der Waals surface area contributed by atoms with Crippen molar-refractivity contribution in [2.75, 3.05) is 18.6 Å². The summed E-state index contributed by atoms with van der Waals surface area (Å²) in [5.74, 6) is 0.0849. The zero-order chi connectivity index (χ0) is 12.0. The molecule has 0 aromatic heterocycles. The zero-order valence-corrected chi connectivity index (χ0v) is 10.4. The van der Waals surface area contributed by atoms with Crippen molar-refractivity contribution in [1.82, 2.24) is 5.32 Å². The molecule has 0 heterocycles. The van der Waals surface area contributed by atoms with Crippen LogP contribution in [0.1, 0.15) is 32.1 Å². The van der Waals surface area contributed by atoms with Gasteiger partial charge in [-0.1, -0.05) is 6.42 Å². The Hall–Kier alpha value is -0.710. The Morgan fingerprint density at radius 3 is 2.56 bits per heavy atom. The molecule has 5 heteroatoms. The van der Waals surface area contributed by atoms with E-state index in [9.17, 15) is 9.59 Å². The first-order valence-corrected chi connectivity index (χ1v) is 6.95. The number of rotatable bonds is 7.